The summed E-state index contributed by atoms with van der Waals surface area (Å²) in [5, 5.41) is 8.90. The van der Waals surface area contributed by atoms with Crippen LogP contribution >= 0.6 is 0 Å². The number of aliphatic hydroxyl groups excluding tert-OH is 1. The van der Waals surface area contributed by atoms with E-state index in [4.69, 9.17) is 9.84 Å². The molecule has 24 heavy (non-hydrogen) atoms. The summed E-state index contributed by atoms with van der Waals surface area (Å²) in [7, 11) is 0. The standard InChI is InChI=1S/C16H22O2.C6H4/c1-2-18-16-14(10-6-12-17)9-5-11-15(16)13-7-3-4-8-13;1-2-5-4-6(5)3-1/h5-6,9-11,13,17H,2-4,7-8,12H2,1H3;1-4H. The molecule has 1 fully saturated rings. The molecule has 126 valence electrons. The number of hydrogen-bond donors (Lipinski definition) is 1. The van der Waals surface area contributed by atoms with Crippen molar-refractivity contribution in [2.45, 2.75) is 38.5 Å². The Morgan fingerprint density at radius 2 is 1.79 bits per heavy atom. The fourth-order valence-corrected chi connectivity index (χ4v) is 3.43. The topological polar surface area (TPSA) is 29.5 Å². The Labute approximate surface area is 144 Å². The fourth-order valence-electron chi connectivity index (χ4n) is 3.43. The van der Waals surface area contributed by atoms with E-state index in [1.54, 1.807) is 6.08 Å². The lowest BCUT2D eigenvalue weighted by Gasteiger charge is -2.17. The molecule has 2 heteroatoms. The minimum Gasteiger partial charge on any atom is -0.493 e. The number of benzene rings is 2. The molecular weight excluding hydrogens is 296 g/mol. The third kappa shape index (κ3) is 4.07. The average molecular weight is 322 g/mol. The molecule has 0 bridgehead atoms. The molecule has 3 aliphatic carbocycles. The number of fused-ring (bicyclic) bond motifs is 1. The second-order valence-electron chi connectivity index (χ2n) is 6.35. The summed E-state index contributed by atoms with van der Waals surface area (Å²) in [4.78, 5) is 0. The van der Waals surface area contributed by atoms with Gasteiger partial charge in [0.25, 0.3) is 0 Å². The van der Waals surface area contributed by atoms with E-state index in [0.29, 0.717) is 12.5 Å². The summed E-state index contributed by atoms with van der Waals surface area (Å²) in [5.74, 6) is 1.66. The third-order valence-corrected chi connectivity index (χ3v) is 4.68. The number of para-hydroxylation sites is 1. The molecule has 0 unspecified atom stereocenters. The minimum absolute atomic E-state index is 0.0687. The molecule has 3 aliphatic rings. The van der Waals surface area contributed by atoms with Gasteiger partial charge in [0.15, 0.2) is 0 Å². The molecule has 1 aromatic carbocycles. The van der Waals surface area contributed by atoms with Crippen molar-refractivity contribution in [3.8, 4) is 16.9 Å². The van der Waals surface area contributed by atoms with Crippen LogP contribution in [0.2, 0.25) is 0 Å². The van der Waals surface area contributed by atoms with Gasteiger partial charge in [-0.2, -0.15) is 0 Å². The van der Waals surface area contributed by atoms with Crippen molar-refractivity contribution in [1.82, 2.24) is 0 Å². The molecule has 0 heterocycles. The van der Waals surface area contributed by atoms with Gasteiger partial charge >= 0.3 is 0 Å². The zero-order valence-corrected chi connectivity index (χ0v) is 14.4. The predicted molar refractivity (Wildman–Crippen MR) is 100 cm³/mol. The van der Waals surface area contributed by atoms with Crippen LogP contribution in [0, 0.1) is 0 Å². The highest BCUT2D eigenvalue weighted by molar-refractivity contribution is 5.80. The van der Waals surface area contributed by atoms with Crippen LogP contribution < -0.4 is 4.74 Å². The lowest BCUT2D eigenvalue weighted by Crippen LogP contribution is -2.02. The minimum atomic E-state index is 0.0687. The molecule has 4 rings (SSSR count). The normalized spacial score (nSPS) is 15.2. The van der Waals surface area contributed by atoms with E-state index in [9.17, 15) is 0 Å². The first-order chi connectivity index (χ1) is 11.8. The Balaban J connectivity index is 0.000000231. The Kier molecular flexibility index (Phi) is 5.71. The van der Waals surface area contributed by atoms with Crippen molar-refractivity contribution in [3.63, 3.8) is 0 Å². The summed E-state index contributed by atoms with van der Waals surface area (Å²) in [6, 6.07) is 14.8. The van der Waals surface area contributed by atoms with Crippen molar-refractivity contribution < 1.29 is 9.84 Å². The summed E-state index contributed by atoms with van der Waals surface area (Å²) in [5.41, 5.74) is 5.27. The van der Waals surface area contributed by atoms with Gasteiger partial charge in [-0.25, -0.2) is 0 Å². The summed E-state index contributed by atoms with van der Waals surface area (Å²) < 4.78 is 5.84. The van der Waals surface area contributed by atoms with Crippen LogP contribution in [0.25, 0.3) is 17.2 Å². The quantitative estimate of drug-likeness (QED) is 0.680. The van der Waals surface area contributed by atoms with E-state index in [1.165, 1.54) is 42.4 Å². The smallest absolute Gasteiger partial charge is 0.129 e. The van der Waals surface area contributed by atoms with Crippen molar-refractivity contribution in [1.29, 1.82) is 0 Å². The summed E-state index contributed by atoms with van der Waals surface area (Å²) in [6.45, 7) is 2.77. The maximum Gasteiger partial charge on any atom is 0.129 e. The second kappa shape index (κ2) is 8.16. The first kappa shape index (κ1) is 16.8. The first-order valence-corrected chi connectivity index (χ1v) is 8.97. The van der Waals surface area contributed by atoms with E-state index in [0.717, 1.165) is 11.3 Å². The van der Waals surface area contributed by atoms with Crippen molar-refractivity contribution in [3.05, 3.63) is 59.7 Å². The van der Waals surface area contributed by atoms with Crippen molar-refractivity contribution in [2.75, 3.05) is 13.2 Å². The maximum absolute atomic E-state index is 8.90. The Morgan fingerprint density at radius 3 is 2.33 bits per heavy atom. The van der Waals surface area contributed by atoms with Gasteiger partial charge in [0.2, 0.25) is 0 Å². The summed E-state index contributed by atoms with van der Waals surface area (Å²) in [6.07, 6.45) is 8.90. The molecule has 0 amide bonds. The van der Waals surface area contributed by atoms with Gasteiger partial charge in [-0.1, -0.05) is 61.4 Å². The highest BCUT2D eigenvalue weighted by atomic mass is 16.5. The van der Waals surface area contributed by atoms with Crippen LogP contribution in [0.3, 0.4) is 0 Å². The zero-order chi connectivity index (χ0) is 16.8. The Hall–Kier alpha value is -2.06. The molecule has 0 aliphatic heterocycles. The SMILES string of the molecule is CCOc1c(C=CCO)cccc1C1CCCC1.c1cc2cc-2c1. The molecule has 0 aromatic heterocycles. The fraction of sp³-hybridized carbons (Fsp3) is 0.364. The molecule has 1 saturated carbocycles. The molecule has 1 N–H and O–H groups in total. The van der Waals surface area contributed by atoms with Crippen molar-refractivity contribution in [2.24, 2.45) is 0 Å². The number of aliphatic hydroxyl groups is 1. The Morgan fingerprint density at radius 1 is 1.08 bits per heavy atom. The van der Waals surface area contributed by atoms with E-state index >= 15 is 0 Å². The molecule has 0 spiro atoms. The highest BCUT2D eigenvalue weighted by Gasteiger charge is 2.21. The van der Waals surface area contributed by atoms with Gasteiger partial charge in [-0.05, 0) is 48.4 Å². The number of rotatable bonds is 5. The van der Waals surface area contributed by atoms with Gasteiger partial charge in [-0.15, -0.1) is 0 Å². The van der Waals surface area contributed by atoms with Gasteiger partial charge in [-0.3, -0.25) is 0 Å². The third-order valence-electron chi connectivity index (χ3n) is 4.68. The first-order valence-electron chi connectivity index (χ1n) is 8.97. The second-order valence-corrected chi connectivity index (χ2v) is 6.35. The van der Waals surface area contributed by atoms with Crippen molar-refractivity contribution >= 4 is 6.08 Å². The molecule has 0 radical (unpaired) electrons. The lowest BCUT2D eigenvalue weighted by molar-refractivity contribution is 0.333. The Bertz CT molecular complexity index is 680. The largest absolute Gasteiger partial charge is 0.493 e. The van der Waals surface area contributed by atoms with Gasteiger partial charge in [0.05, 0.1) is 13.2 Å². The maximum atomic E-state index is 8.90. The van der Waals surface area contributed by atoms with E-state index in [-0.39, 0.29) is 6.61 Å². The monoisotopic (exact) mass is 322 g/mol. The van der Waals surface area contributed by atoms with Gasteiger partial charge in [0.1, 0.15) is 5.75 Å². The van der Waals surface area contributed by atoms with Crippen LogP contribution in [0.15, 0.2) is 48.5 Å². The van der Waals surface area contributed by atoms with Crippen LogP contribution in [-0.4, -0.2) is 18.3 Å². The van der Waals surface area contributed by atoms with E-state index < -0.39 is 0 Å². The highest BCUT2D eigenvalue weighted by Crippen LogP contribution is 2.40. The van der Waals surface area contributed by atoms with Gasteiger partial charge in [0, 0.05) is 5.56 Å². The van der Waals surface area contributed by atoms with Crippen LogP contribution in [0.5, 0.6) is 5.75 Å². The van der Waals surface area contributed by atoms with E-state index in [1.807, 2.05) is 13.0 Å². The molecule has 2 nitrogen and oxygen atoms in total. The van der Waals surface area contributed by atoms with Crippen LogP contribution in [-0.2, 0) is 0 Å². The van der Waals surface area contributed by atoms with Crippen LogP contribution in [0.1, 0.15) is 49.7 Å². The molecular formula is C22H26O2. The number of ether oxygens (including phenoxy) is 1. The van der Waals surface area contributed by atoms with Gasteiger partial charge < -0.3 is 9.84 Å². The summed E-state index contributed by atoms with van der Waals surface area (Å²) >= 11 is 0. The van der Waals surface area contributed by atoms with E-state index in [2.05, 4.69) is 42.5 Å². The molecule has 1 aromatic rings. The van der Waals surface area contributed by atoms with Crippen LogP contribution in [0.4, 0.5) is 0 Å². The number of hydrogen-bond acceptors (Lipinski definition) is 2. The lowest BCUT2D eigenvalue weighted by atomic mass is 9.94. The molecule has 0 saturated heterocycles. The predicted octanol–water partition coefficient (Wildman–Crippen LogP) is 5.42. The molecule has 0 atom stereocenters. The zero-order valence-electron chi connectivity index (χ0n) is 14.4. The average Bonchev–Trinajstić information content (AvgIpc) is 3.03.